The summed E-state index contributed by atoms with van der Waals surface area (Å²) in [4.78, 5) is 36.3. The van der Waals surface area contributed by atoms with Crippen LogP contribution in [-0.2, 0) is 4.74 Å². The molecular formula is C28H32F3N5O3. The van der Waals surface area contributed by atoms with Gasteiger partial charge in [-0.05, 0) is 41.0 Å². The summed E-state index contributed by atoms with van der Waals surface area (Å²) < 4.78 is 48.6. The Labute approximate surface area is 224 Å². The number of aryl methyl sites for hydroxylation is 1. The third kappa shape index (κ3) is 5.91. The summed E-state index contributed by atoms with van der Waals surface area (Å²) in [6.07, 6.45) is 0.114. The number of fused-ring (bicyclic) bond motifs is 1. The quantitative estimate of drug-likeness (QED) is 0.379. The molecule has 3 heterocycles. The predicted molar refractivity (Wildman–Crippen MR) is 143 cm³/mol. The zero-order chi connectivity index (χ0) is 28.6. The lowest BCUT2D eigenvalue weighted by Gasteiger charge is -2.27. The Balaban J connectivity index is 1.71. The second kappa shape index (κ2) is 10.7. The van der Waals surface area contributed by atoms with Crippen molar-refractivity contribution in [2.45, 2.75) is 71.2 Å². The Morgan fingerprint density at radius 1 is 1.26 bits per heavy atom. The number of carbonyl (C=O) groups excluding carboxylic acids is 1. The number of carbonyl (C=O) groups is 1. The molecule has 11 heteroatoms. The van der Waals surface area contributed by atoms with Crippen molar-refractivity contribution >= 4 is 22.8 Å². The van der Waals surface area contributed by atoms with Gasteiger partial charge in [0.2, 0.25) is 0 Å². The number of rotatable bonds is 6. The molecule has 39 heavy (non-hydrogen) atoms. The third-order valence-corrected chi connectivity index (χ3v) is 6.60. The highest BCUT2D eigenvalue weighted by molar-refractivity contribution is 5.88. The van der Waals surface area contributed by atoms with E-state index in [-0.39, 0.29) is 35.6 Å². The highest BCUT2D eigenvalue weighted by Crippen LogP contribution is 2.32. The summed E-state index contributed by atoms with van der Waals surface area (Å²) in [6, 6.07) is 3.81. The molecule has 1 fully saturated rings. The number of amides is 1. The van der Waals surface area contributed by atoms with Gasteiger partial charge >= 0.3 is 6.09 Å². The highest BCUT2D eigenvalue weighted by Gasteiger charge is 2.36. The summed E-state index contributed by atoms with van der Waals surface area (Å²) in [6.45, 7) is 12.9. The number of ether oxygens (including phenoxy) is 1. The SMILES string of the molecule is C=C[C@@H](Nc1nc(C)nc2cc(=O)n([C@@H]3C[C@@H](C)N(C(=O)OC(C)(C)C)C3)cc12)c1cccc(C(F)F)c1F. The van der Waals surface area contributed by atoms with Crippen LogP contribution in [0.4, 0.5) is 23.8 Å². The topological polar surface area (TPSA) is 89.4 Å². The molecule has 0 aliphatic carbocycles. The largest absolute Gasteiger partial charge is 0.444 e. The number of benzene rings is 1. The molecule has 2 aromatic heterocycles. The van der Waals surface area contributed by atoms with Gasteiger partial charge in [0.1, 0.15) is 23.1 Å². The Bertz CT molecular complexity index is 1470. The van der Waals surface area contributed by atoms with Gasteiger partial charge in [-0.2, -0.15) is 0 Å². The number of likely N-dealkylation sites (tertiary alicyclic amines) is 1. The van der Waals surface area contributed by atoms with E-state index in [1.807, 2.05) is 6.92 Å². The molecule has 1 aromatic carbocycles. The van der Waals surface area contributed by atoms with Crippen LogP contribution in [0.5, 0.6) is 0 Å². The predicted octanol–water partition coefficient (Wildman–Crippen LogP) is 6.09. The molecule has 1 N–H and O–H groups in total. The van der Waals surface area contributed by atoms with Crippen LogP contribution in [0, 0.1) is 12.7 Å². The van der Waals surface area contributed by atoms with Crippen LogP contribution in [0.2, 0.25) is 0 Å². The molecule has 1 saturated heterocycles. The number of hydrogen-bond acceptors (Lipinski definition) is 6. The lowest BCUT2D eigenvalue weighted by atomic mass is 10.0. The van der Waals surface area contributed by atoms with E-state index in [0.717, 1.165) is 6.07 Å². The van der Waals surface area contributed by atoms with E-state index in [0.29, 0.717) is 23.1 Å². The molecule has 208 valence electrons. The van der Waals surface area contributed by atoms with Gasteiger partial charge in [0.05, 0.1) is 28.6 Å². The number of anilines is 1. The fourth-order valence-electron chi connectivity index (χ4n) is 4.80. The standard InChI is InChI=1S/C28H32F3N5O3/c1-7-21(18-9-8-10-19(24(18)29)25(30)31)34-26-20-14-36(23(37)12-22(20)32-16(3)33-26)17-11-15(2)35(13-17)27(38)39-28(4,5)6/h7-10,12,14-15,17,21,25H,1,11,13H2,2-6H3,(H,32,33,34)/t15-,17-,21-/m1/s1. The van der Waals surface area contributed by atoms with Crippen molar-refractivity contribution in [1.82, 2.24) is 19.4 Å². The molecule has 1 aliphatic heterocycles. The van der Waals surface area contributed by atoms with Crippen molar-refractivity contribution in [1.29, 1.82) is 0 Å². The van der Waals surface area contributed by atoms with Crippen LogP contribution in [0.25, 0.3) is 10.9 Å². The molecular weight excluding hydrogens is 511 g/mol. The summed E-state index contributed by atoms with van der Waals surface area (Å²) in [5, 5.41) is 3.55. The summed E-state index contributed by atoms with van der Waals surface area (Å²) in [5.74, 6) is -0.385. The molecule has 0 unspecified atom stereocenters. The summed E-state index contributed by atoms with van der Waals surface area (Å²) >= 11 is 0. The van der Waals surface area contributed by atoms with Crippen molar-refractivity contribution in [3.05, 3.63) is 76.2 Å². The highest BCUT2D eigenvalue weighted by atomic mass is 19.3. The first-order valence-corrected chi connectivity index (χ1v) is 12.6. The van der Waals surface area contributed by atoms with Crippen molar-refractivity contribution in [2.75, 3.05) is 11.9 Å². The number of alkyl halides is 2. The maximum atomic E-state index is 14.9. The molecule has 3 aromatic rings. The number of hydrogen-bond donors (Lipinski definition) is 1. The van der Waals surface area contributed by atoms with Gasteiger partial charge in [0.15, 0.2) is 0 Å². The van der Waals surface area contributed by atoms with E-state index in [9.17, 15) is 22.8 Å². The molecule has 8 nitrogen and oxygen atoms in total. The Hall–Kier alpha value is -3.89. The first-order valence-electron chi connectivity index (χ1n) is 12.6. The third-order valence-electron chi connectivity index (χ3n) is 6.60. The van der Waals surface area contributed by atoms with Gasteiger partial charge < -0.3 is 19.5 Å². The van der Waals surface area contributed by atoms with Gasteiger partial charge in [-0.3, -0.25) is 4.79 Å². The second-order valence-electron chi connectivity index (χ2n) is 10.7. The van der Waals surface area contributed by atoms with Crippen LogP contribution in [-0.4, -0.2) is 43.7 Å². The lowest BCUT2D eigenvalue weighted by molar-refractivity contribution is 0.0234. The zero-order valence-corrected chi connectivity index (χ0v) is 22.5. The van der Waals surface area contributed by atoms with Crippen molar-refractivity contribution < 1.29 is 22.7 Å². The van der Waals surface area contributed by atoms with Gasteiger partial charge in [0.25, 0.3) is 12.0 Å². The first-order chi connectivity index (χ1) is 18.3. The number of nitrogens with zero attached hydrogens (tertiary/aromatic N) is 4. The van der Waals surface area contributed by atoms with E-state index in [2.05, 4.69) is 21.9 Å². The number of pyridine rings is 1. The van der Waals surface area contributed by atoms with E-state index < -0.39 is 35.5 Å². The van der Waals surface area contributed by atoms with Crippen molar-refractivity contribution in [3.8, 4) is 0 Å². The second-order valence-corrected chi connectivity index (χ2v) is 10.7. The van der Waals surface area contributed by atoms with Gasteiger partial charge in [-0.25, -0.2) is 27.9 Å². The average molecular weight is 544 g/mol. The minimum Gasteiger partial charge on any atom is -0.444 e. The Morgan fingerprint density at radius 2 is 1.95 bits per heavy atom. The van der Waals surface area contributed by atoms with E-state index in [1.165, 1.54) is 28.8 Å². The van der Waals surface area contributed by atoms with Crippen LogP contribution < -0.4 is 10.9 Å². The van der Waals surface area contributed by atoms with Crippen LogP contribution in [0.3, 0.4) is 0 Å². The molecule has 1 amide bonds. The fraction of sp³-hybridized carbons (Fsp3) is 0.429. The molecule has 0 radical (unpaired) electrons. The average Bonchev–Trinajstić information content (AvgIpc) is 3.22. The number of aromatic nitrogens is 3. The minimum atomic E-state index is -2.97. The Morgan fingerprint density at radius 3 is 2.59 bits per heavy atom. The first kappa shape index (κ1) is 28.1. The van der Waals surface area contributed by atoms with Gasteiger partial charge in [-0.15, -0.1) is 6.58 Å². The molecule has 4 rings (SSSR count). The van der Waals surface area contributed by atoms with E-state index in [4.69, 9.17) is 4.74 Å². The Kier molecular flexibility index (Phi) is 7.72. The molecule has 0 bridgehead atoms. The van der Waals surface area contributed by atoms with Gasteiger partial charge in [0, 0.05) is 30.4 Å². The van der Waals surface area contributed by atoms with Crippen LogP contribution in [0.15, 0.2) is 47.9 Å². The molecule has 1 aliphatic rings. The van der Waals surface area contributed by atoms with Crippen molar-refractivity contribution in [2.24, 2.45) is 0 Å². The normalized spacial score (nSPS) is 18.4. The van der Waals surface area contributed by atoms with E-state index >= 15 is 0 Å². The maximum Gasteiger partial charge on any atom is 0.410 e. The summed E-state index contributed by atoms with van der Waals surface area (Å²) in [5.41, 5.74) is -1.31. The fourth-order valence-corrected chi connectivity index (χ4v) is 4.80. The number of nitrogens with one attached hydrogen (secondary N) is 1. The number of halogens is 3. The zero-order valence-electron chi connectivity index (χ0n) is 22.5. The maximum absolute atomic E-state index is 14.9. The van der Waals surface area contributed by atoms with Crippen LogP contribution >= 0.6 is 0 Å². The monoisotopic (exact) mass is 543 g/mol. The lowest BCUT2D eigenvalue weighted by Crippen LogP contribution is -2.39. The van der Waals surface area contributed by atoms with E-state index in [1.54, 1.807) is 38.8 Å². The van der Waals surface area contributed by atoms with Crippen molar-refractivity contribution in [3.63, 3.8) is 0 Å². The molecule has 0 saturated carbocycles. The van der Waals surface area contributed by atoms with Crippen LogP contribution in [0.1, 0.15) is 69.6 Å². The molecule has 3 atom stereocenters. The molecule has 0 spiro atoms. The summed E-state index contributed by atoms with van der Waals surface area (Å²) in [7, 11) is 0. The smallest absolute Gasteiger partial charge is 0.410 e. The minimum absolute atomic E-state index is 0.0156. The van der Waals surface area contributed by atoms with Gasteiger partial charge in [-0.1, -0.05) is 24.3 Å².